The number of carbonyl (C=O) groups is 1. The number of hydrogen-bond donors (Lipinski definition) is 0. The number of hydrogen-bond acceptors (Lipinski definition) is 4. The number of rotatable bonds is 5. The molecule has 0 N–H and O–H groups in total. The Morgan fingerprint density at radius 2 is 2.35 bits per heavy atom. The summed E-state index contributed by atoms with van der Waals surface area (Å²) in [6.45, 7) is 1.24. The fourth-order valence-electron chi connectivity index (χ4n) is 1.67. The smallest absolute Gasteiger partial charge is 0.156 e. The average molecular weight is 250 g/mol. The third kappa shape index (κ3) is 2.75. The number of nitrogens with zero attached hydrogens (tertiary/aromatic N) is 3. The summed E-state index contributed by atoms with van der Waals surface area (Å²) in [5, 5.41) is 0.169. The zero-order valence-corrected chi connectivity index (χ0v) is 10.0. The predicted molar refractivity (Wildman–Crippen MR) is 66.2 cm³/mol. The molecule has 0 unspecified atom stereocenters. The van der Waals surface area contributed by atoms with Gasteiger partial charge in [0.05, 0.1) is 12.1 Å². The summed E-state index contributed by atoms with van der Waals surface area (Å²) in [7, 11) is 0. The quantitative estimate of drug-likeness (QED) is 0.454. The first-order valence-electron chi connectivity index (χ1n) is 5.40. The van der Waals surface area contributed by atoms with Crippen LogP contribution in [0.4, 0.5) is 5.82 Å². The van der Waals surface area contributed by atoms with Crippen molar-refractivity contribution in [1.29, 1.82) is 0 Å². The van der Waals surface area contributed by atoms with E-state index in [4.69, 9.17) is 18.0 Å². The summed E-state index contributed by atoms with van der Waals surface area (Å²) < 4.78 is 0. The van der Waals surface area contributed by atoms with Gasteiger partial charge < -0.3 is 4.90 Å². The first kappa shape index (κ1) is 11.9. The molecule has 0 bridgehead atoms. The predicted octanol–water partition coefficient (Wildman–Crippen LogP) is 1.79. The summed E-state index contributed by atoms with van der Waals surface area (Å²) in [6.07, 6.45) is 9.77. The molecule has 0 radical (unpaired) electrons. The normalized spacial score (nSPS) is 14.1. The Morgan fingerprint density at radius 3 is 2.94 bits per heavy atom. The summed E-state index contributed by atoms with van der Waals surface area (Å²) in [5.74, 6) is 3.76. The molecule has 1 heterocycles. The van der Waals surface area contributed by atoms with E-state index in [1.807, 2.05) is 4.90 Å². The molecule has 1 aliphatic carbocycles. The second-order valence-corrected chi connectivity index (χ2v) is 4.41. The third-order valence-corrected chi connectivity index (χ3v) is 2.99. The van der Waals surface area contributed by atoms with Gasteiger partial charge in [-0.25, -0.2) is 9.97 Å². The Labute approximate surface area is 105 Å². The molecule has 88 valence electrons. The van der Waals surface area contributed by atoms with Crippen molar-refractivity contribution in [2.45, 2.75) is 12.8 Å². The van der Waals surface area contributed by atoms with E-state index in [-0.39, 0.29) is 5.15 Å². The molecule has 1 fully saturated rings. The first-order chi connectivity index (χ1) is 8.26. The van der Waals surface area contributed by atoms with E-state index in [0.29, 0.717) is 30.1 Å². The molecule has 2 rings (SSSR count). The van der Waals surface area contributed by atoms with Crippen molar-refractivity contribution in [1.82, 2.24) is 9.97 Å². The molecule has 1 aromatic rings. The minimum absolute atomic E-state index is 0.169. The van der Waals surface area contributed by atoms with Gasteiger partial charge in [-0.2, -0.15) is 0 Å². The van der Waals surface area contributed by atoms with E-state index < -0.39 is 0 Å². The molecule has 0 aromatic carbocycles. The standard InChI is InChI=1S/C12H12ClN3O/c1-2-5-16(6-9-3-4-9)12-10(7-17)11(13)14-8-15-12/h1,7-9H,3-6H2. The van der Waals surface area contributed by atoms with Crippen molar-refractivity contribution in [2.75, 3.05) is 18.0 Å². The molecule has 17 heavy (non-hydrogen) atoms. The van der Waals surface area contributed by atoms with Crippen molar-refractivity contribution >= 4 is 23.7 Å². The summed E-state index contributed by atoms with van der Waals surface area (Å²) in [4.78, 5) is 20.8. The van der Waals surface area contributed by atoms with Crippen molar-refractivity contribution in [3.63, 3.8) is 0 Å². The lowest BCUT2D eigenvalue weighted by molar-refractivity contribution is 0.112. The molecule has 0 amide bonds. The lowest BCUT2D eigenvalue weighted by atomic mass is 10.3. The van der Waals surface area contributed by atoms with E-state index in [2.05, 4.69) is 15.9 Å². The largest absolute Gasteiger partial charge is 0.344 e. The average Bonchev–Trinajstić information content (AvgIpc) is 3.12. The molecule has 0 spiro atoms. The zero-order valence-electron chi connectivity index (χ0n) is 9.27. The number of terminal acetylenes is 1. The van der Waals surface area contributed by atoms with Gasteiger partial charge in [-0.15, -0.1) is 6.42 Å². The summed E-state index contributed by atoms with van der Waals surface area (Å²) in [5.41, 5.74) is 0.310. The molecule has 0 aliphatic heterocycles. The molecule has 1 aliphatic rings. The third-order valence-electron chi connectivity index (χ3n) is 2.69. The maximum atomic E-state index is 11.0. The zero-order chi connectivity index (χ0) is 12.3. The van der Waals surface area contributed by atoms with E-state index in [0.717, 1.165) is 6.54 Å². The second-order valence-electron chi connectivity index (χ2n) is 4.05. The van der Waals surface area contributed by atoms with Crippen LogP contribution in [0.25, 0.3) is 0 Å². The van der Waals surface area contributed by atoms with Crippen LogP contribution in [0.15, 0.2) is 6.33 Å². The van der Waals surface area contributed by atoms with Gasteiger partial charge in [0.1, 0.15) is 17.3 Å². The number of carbonyl (C=O) groups excluding carboxylic acids is 1. The van der Waals surface area contributed by atoms with Crippen molar-refractivity contribution in [3.05, 3.63) is 17.0 Å². The molecule has 0 atom stereocenters. The van der Waals surface area contributed by atoms with Crippen LogP contribution >= 0.6 is 11.6 Å². The van der Waals surface area contributed by atoms with Gasteiger partial charge in [0.25, 0.3) is 0 Å². The molecular weight excluding hydrogens is 238 g/mol. The topological polar surface area (TPSA) is 46.1 Å². The van der Waals surface area contributed by atoms with E-state index in [1.165, 1.54) is 19.2 Å². The summed E-state index contributed by atoms with van der Waals surface area (Å²) in [6, 6.07) is 0. The molecule has 0 saturated heterocycles. The fraction of sp³-hybridized carbons (Fsp3) is 0.417. The molecular formula is C12H12ClN3O. The Hall–Kier alpha value is -1.60. The van der Waals surface area contributed by atoms with Crippen LogP contribution < -0.4 is 4.90 Å². The highest BCUT2D eigenvalue weighted by Gasteiger charge is 2.26. The number of aldehydes is 1. The highest BCUT2D eigenvalue weighted by Crippen LogP contribution is 2.32. The maximum absolute atomic E-state index is 11.0. The van der Waals surface area contributed by atoms with Crippen LogP contribution in [0.1, 0.15) is 23.2 Å². The summed E-state index contributed by atoms with van der Waals surface area (Å²) >= 11 is 5.87. The highest BCUT2D eigenvalue weighted by molar-refractivity contribution is 6.32. The maximum Gasteiger partial charge on any atom is 0.156 e. The molecule has 4 nitrogen and oxygen atoms in total. The second kappa shape index (κ2) is 5.15. The van der Waals surface area contributed by atoms with Gasteiger partial charge in [-0.1, -0.05) is 17.5 Å². The minimum atomic E-state index is 0.169. The Morgan fingerprint density at radius 1 is 1.59 bits per heavy atom. The van der Waals surface area contributed by atoms with E-state index >= 15 is 0 Å². The van der Waals surface area contributed by atoms with E-state index in [1.54, 1.807) is 0 Å². The van der Waals surface area contributed by atoms with Gasteiger partial charge in [-0.3, -0.25) is 4.79 Å². The van der Waals surface area contributed by atoms with E-state index in [9.17, 15) is 4.79 Å². The molecule has 5 heteroatoms. The minimum Gasteiger partial charge on any atom is -0.344 e. The van der Waals surface area contributed by atoms with Gasteiger partial charge in [0.15, 0.2) is 6.29 Å². The monoisotopic (exact) mass is 249 g/mol. The highest BCUT2D eigenvalue weighted by atomic mass is 35.5. The first-order valence-corrected chi connectivity index (χ1v) is 5.78. The van der Waals surface area contributed by atoms with Crippen LogP contribution in [0, 0.1) is 18.3 Å². The van der Waals surface area contributed by atoms with Crippen LogP contribution in [-0.2, 0) is 0 Å². The van der Waals surface area contributed by atoms with Gasteiger partial charge in [0.2, 0.25) is 0 Å². The van der Waals surface area contributed by atoms with Gasteiger partial charge in [0, 0.05) is 6.54 Å². The number of aromatic nitrogens is 2. The Balaban J connectivity index is 2.30. The van der Waals surface area contributed by atoms with Crippen LogP contribution in [0.3, 0.4) is 0 Å². The van der Waals surface area contributed by atoms with Crippen molar-refractivity contribution < 1.29 is 4.79 Å². The molecule has 1 saturated carbocycles. The molecule has 1 aromatic heterocycles. The van der Waals surface area contributed by atoms with Crippen LogP contribution in [-0.4, -0.2) is 29.3 Å². The SMILES string of the molecule is C#CCN(CC1CC1)c1ncnc(Cl)c1C=O. The van der Waals surface area contributed by atoms with Crippen molar-refractivity contribution in [3.8, 4) is 12.3 Å². The lowest BCUT2D eigenvalue weighted by Gasteiger charge is -2.22. The van der Waals surface area contributed by atoms with Crippen LogP contribution in [0.5, 0.6) is 0 Å². The number of halogens is 1. The van der Waals surface area contributed by atoms with Gasteiger partial charge in [-0.05, 0) is 18.8 Å². The Kier molecular flexibility index (Phi) is 3.60. The van der Waals surface area contributed by atoms with Crippen molar-refractivity contribution in [2.24, 2.45) is 5.92 Å². The fourth-order valence-corrected chi connectivity index (χ4v) is 1.84. The Bertz CT molecular complexity index is 465. The number of anilines is 1. The van der Waals surface area contributed by atoms with Crippen LogP contribution in [0.2, 0.25) is 5.15 Å². The van der Waals surface area contributed by atoms with Gasteiger partial charge >= 0.3 is 0 Å². The lowest BCUT2D eigenvalue weighted by Crippen LogP contribution is -2.28.